The molecule has 3 rings (SSSR count). The minimum absolute atomic E-state index is 0.132. The van der Waals surface area contributed by atoms with E-state index in [2.05, 4.69) is 6.58 Å². The highest BCUT2D eigenvalue weighted by atomic mass is 35.5. The molecular formula is C18H18ClNO4S. The van der Waals surface area contributed by atoms with E-state index in [0.29, 0.717) is 35.4 Å². The molecule has 7 heteroatoms. The van der Waals surface area contributed by atoms with Crippen LogP contribution in [0.15, 0.2) is 53.9 Å². The van der Waals surface area contributed by atoms with Gasteiger partial charge < -0.3 is 9.47 Å². The van der Waals surface area contributed by atoms with Gasteiger partial charge in [-0.15, -0.1) is 6.58 Å². The van der Waals surface area contributed by atoms with Crippen molar-refractivity contribution >= 4 is 27.3 Å². The van der Waals surface area contributed by atoms with Crippen LogP contribution in [0.25, 0.3) is 0 Å². The summed E-state index contributed by atoms with van der Waals surface area (Å²) in [6.07, 6.45) is 1.55. The number of anilines is 1. The summed E-state index contributed by atoms with van der Waals surface area (Å²) in [6.45, 7) is 6.47. The average molecular weight is 380 g/mol. The normalized spacial score (nSPS) is 13.4. The van der Waals surface area contributed by atoms with Crippen LogP contribution in [0.5, 0.6) is 11.5 Å². The van der Waals surface area contributed by atoms with Crippen LogP contribution in [0.2, 0.25) is 5.02 Å². The maximum Gasteiger partial charge on any atom is 0.264 e. The second-order valence-electron chi connectivity index (χ2n) is 5.56. The Balaban J connectivity index is 2.07. The van der Waals surface area contributed by atoms with Gasteiger partial charge in [0.2, 0.25) is 0 Å². The first kappa shape index (κ1) is 17.6. The van der Waals surface area contributed by atoms with Gasteiger partial charge in [-0.05, 0) is 42.8 Å². The summed E-state index contributed by atoms with van der Waals surface area (Å²) >= 11 is 5.99. The monoisotopic (exact) mass is 379 g/mol. The molecule has 0 saturated heterocycles. The Labute approximate surface area is 152 Å². The number of fused-ring (bicyclic) bond motifs is 1. The number of sulfonamides is 1. The SMILES string of the molecule is C=CCN(c1ccc(Cl)cc1C)S(=O)(=O)c1ccc2c(c1)OCCO2. The Kier molecular flexibility index (Phi) is 4.92. The standard InChI is InChI=1S/C18H18ClNO4S/c1-3-8-20(16-6-4-14(19)11-13(16)2)25(21,22)15-5-7-17-18(12-15)24-10-9-23-17/h3-7,11-12H,1,8-10H2,2H3. The molecule has 0 bridgehead atoms. The first-order valence-corrected chi connectivity index (χ1v) is 9.55. The first-order valence-electron chi connectivity index (χ1n) is 7.73. The topological polar surface area (TPSA) is 55.8 Å². The lowest BCUT2D eigenvalue weighted by atomic mass is 10.2. The summed E-state index contributed by atoms with van der Waals surface area (Å²) in [5, 5.41) is 0.552. The molecule has 0 fully saturated rings. The highest BCUT2D eigenvalue weighted by molar-refractivity contribution is 7.92. The average Bonchev–Trinajstić information content (AvgIpc) is 2.60. The number of halogens is 1. The van der Waals surface area contributed by atoms with E-state index in [4.69, 9.17) is 21.1 Å². The minimum Gasteiger partial charge on any atom is -0.486 e. The van der Waals surface area contributed by atoms with Crippen molar-refractivity contribution in [2.24, 2.45) is 0 Å². The van der Waals surface area contributed by atoms with Crippen LogP contribution in [0.1, 0.15) is 5.56 Å². The first-order chi connectivity index (χ1) is 11.9. The van der Waals surface area contributed by atoms with Gasteiger partial charge in [-0.2, -0.15) is 0 Å². The van der Waals surface area contributed by atoms with Crippen molar-refractivity contribution in [3.8, 4) is 11.5 Å². The maximum absolute atomic E-state index is 13.2. The molecule has 1 heterocycles. The van der Waals surface area contributed by atoms with Gasteiger partial charge in [-0.25, -0.2) is 8.42 Å². The number of hydrogen-bond acceptors (Lipinski definition) is 4. The number of benzene rings is 2. The zero-order valence-electron chi connectivity index (χ0n) is 13.7. The molecule has 0 N–H and O–H groups in total. The number of aryl methyl sites for hydroxylation is 1. The van der Waals surface area contributed by atoms with E-state index in [1.807, 2.05) is 6.92 Å². The lowest BCUT2D eigenvalue weighted by molar-refractivity contribution is 0.171. The van der Waals surface area contributed by atoms with Crippen molar-refractivity contribution in [2.75, 3.05) is 24.1 Å². The molecule has 0 aromatic heterocycles. The third-order valence-electron chi connectivity index (χ3n) is 3.82. The van der Waals surface area contributed by atoms with E-state index in [1.165, 1.54) is 16.4 Å². The van der Waals surface area contributed by atoms with Gasteiger partial charge in [-0.3, -0.25) is 4.31 Å². The molecule has 2 aromatic carbocycles. The maximum atomic E-state index is 13.2. The van der Waals surface area contributed by atoms with Crippen molar-refractivity contribution in [3.63, 3.8) is 0 Å². The van der Waals surface area contributed by atoms with Gasteiger partial charge in [0.15, 0.2) is 11.5 Å². The van der Waals surface area contributed by atoms with Crippen LogP contribution in [-0.2, 0) is 10.0 Å². The Morgan fingerprint density at radius 2 is 1.88 bits per heavy atom. The van der Waals surface area contributed by atoms with E-state index in [1.54, 1.807) is 30.3 Å². The summed E-state index contributed by atoms with van der Waals surface area (Å²) in [7, 11) is -3.80. The second-order valence-corrected chi connectivity index (χ2v) is 7.86. The molecule has 5 nitrogen and oxygen atoms in total. The fourth-order valence-corrected chi connectivity index (χ4v) is 4.40. The van der Waals surface area contributed by atoms with Gasteiger partial charge in [-0.1, -0.05) is 17.7 Å². The van der Waals surface area contributed by atoms with Crippen LogP contribution in [0.4, 0.5) is 5.69 Å². The van der Waals surface area contributed by atoms with Crippen LogP contribution in [-0.4, -0.2) is 28.2 Å². The summed E-state index contributed by atoms with van der Waals surface area (Å²) in [4.78, 5) is 0.132. The largest absolute Gasteiger partial charge is 0.486 e. The fourth-order valence-electron chi connectivity index (χ4n) is 2.65. The van der Waals surface area contributed by atoms with Crippen molar-refractivity contribution in [1.82, 2.24) is 0 Å². The molecule has 1 aliphatic heterocycles. The highest BCUT2D eigenvalue weighted by Crippen LogP contribution is 2.35. The number of rotatable bonds is 5. The predicted molar refractivity (Wildman–Crippen MR) is 98.3 cm³/mol. The Morgan fingerprint density at radius 1 is 1.16 bits per heavy atom. The zero-order chi connectivity index (χ0) is 18.0. The molecule has 0 saturated carbocycles. The zero-order valence-corrected chi connectivity index (χ0v) is 15.3. The molecule has 132 valence electrons. The molecule has 0 amide bonds. The minimum atomic E-state index is -3.80. The number of nitrogens with zero attached hydrogens (tertiary/aromatic N) is 1. The fraction of sp³-hybridized carbons (Fsp3) is 0.222. The predicted octanol–water partition coefficient (Wildman–Crippen LogP) is 3.80. The molecule has 1 aliphatic rings. The molecule has 0 atom stereocenters. The summed E-state index contributed by atoms with van der Waals surface area (Å²) in [5.74, 6) is 0.974. The van der Waals surface area contributed by atoms with Gasteiger partial charge in [0.05, 0.1) is 17.1 Å². The van der Waals surface area contributed by atoms with Crippen molar-refractivity contribution < 1.29 is 17.9 Å². The molecule has 2 aromatic rings. The van der Waals surface area contributed by atoms with E-state index in [9.17, 15) is 8.42 Å². The summed E-state index contributed by atoms with van der Waals surface area (Å²) < 4.78 is 38.6. The lowest BCUT2D eigenvalue weighted by Crippen LogP contribution is -2.32. The van der Waals surface area contributed by atoms with Crippen molar-refractivity contribution in [1.29, 1.82) is 0 Å². The van der Waals surface area contributed by atoms with Crippen molar-refractivity contribution in [3.05, 3.63) is 59.6 Å². The second kappa shape index (κ2) is 6.98. The van der Waals surface area contributed by atoms with E-state index in [0.717, 1.165) is 5.56 Å². The lowest BCUT2D eigenvalue weighted by Gasteiger charge is -2.26. The molecular weight excluding hydrogens is 362 g/mol. The summed E-state index contributed by atoms with van der Waals surface area (Å²) in [6, 6.07) is 9.71. The number of hydrogen-bond donors (Lipinski definition) is 0. The number of ether oxygens (including phenoxy) is 2. The summed E-state index contributed by atoms with van der Waals surface area (Å²) in [5.41, 5.74) is 1.31. The third kappa shape index (κ3) is 3.45. The van der Waals surface area contributed by atoms with Gasteiger partial charge >= 0.3 is 0 Å². The van der Waals surface area contributed by atoms with Crippen LogP contribution < -0.4 is 13.8 Å². The Hall–Kier alpha value is -2.18. The Bertz CT molecular complexity index is 911. The smallest absolute Gasteiger partial charge is 0.264 e. The van der Waals surface area contributed by atoms with E-state index >= 15 is 0 Å². The Morgan fingerprint density at radius 3 is 2.56 bits per heavy atom. The van der Waals surface area contributed by atoms with Gasteiger partial charge in [0.1, 0.15) is 13.2 Å². The molecule has 25 heavy (non-hydrogen) atoms. The van der Waals surface area contributed by atoms with Crippen LogP contribution in [0, 0.1) is 6.92 Å². The molecule has 0 radical (unpaired) electrons. The highest BCUT2D eigenvalue weighted by Gasteiger charge is 2.27. The van der Waals surface area contributed by atoms with Crippen LogP contribution >= 0.6 is 11.6 Å². The van der Waals surface area contributed by atoms with E-state index < -0.39 is 10.0 Å². The molecule has 0 aliphatic carbocycles. The van der Waals surface area contributed by atoms with Crippen LogP contribution in [0.3, 0.4) is 0 Å². The third-order valence-corrected chi connectivity index (χ3v) is 5.83. The molecule has 0 unspecified atom stereocenters. The van der Waals surface area contributed by atoms with E-state index in [-0.39, 0.29) is 11.4 Å². The molecule has 0 spiro atoms. The van der Waals surface area contributed by atoms with Crippen molar-refractivity contribution in [2.45, 2.75) is 11.8 Å². The quantitative estimate of drug-likeness (QED) is 0.741. The van der Waals surface area contributed by atoms with Gasteiger partial charge in [0.25, 0.3) is 10.0 Å². The van der Waals surface area contributed by atoms with Gasteiger partial charge in [0, 0.05) is 11.1 Å².